The first-order valence-electron chi connectivity index (χ1n) is 7.95. The molecule has 0 spiro atoms. The number of nitrogens with zero attached hydrogens (tertiary/aromatic N) is 2. The first-order chi connectivity index (χ1) is 12.4. The molecule has 3 nitrogen and oxygen atoms in total. The quantitative estimate of drug-likeness (QED) is 0.576. The second kappa shape index (κ2) is 8.71. The highest BCUT2D eigenvalue weighted by Crippen LogP contribution is 2.35. The van der Waals surface area contributed by atoms with Gasteiger partial charge in [-0.3, -0.25) is 4.98 Å². The van der Waals surface area contributed by atoms with Crippen molar-refractivity contribution in [1.82, 2.24) is 9.97 Å². The standard InChI is InChI=1S/C17H12F3N3S.C2H6/c18-17(19,20)12-3-7-14(8-4-12)24-16-15(22-9-10-23-16)11-1-5-13(21)6-2-11;1-2/h1-10H,21H2;1-2H3. The Bertz CT molecular complexity index is 832. The van der Waals surface area contributed by atoms with E-state index in [1.165, 1.54) is 23.9 Å². The van der Waals surface area contributed by atoms with Gasteiger partial charge in [0, 0.05) is 28.5 Å². The summed E-state index contributed by atoms with van der Waals surface area (Å²) in [5.41, 5.74) is 7.14. The maximum atomic E-state index is 12.6. The van der Waals surface area contributed by atoms with Gasteiger partial charge in [-0.1, -0.05) is 37.7 Å². The molecule has 0 aliphatic carbocycles. The third-order valence-electron chi connectivity index (χ3n) is 3.24. The predicted molar refractivity (Wildman–Crippen MR) is 98.8 cm³/mol. The fourth-order valence-electron chi connectivity index (χ4n) is 2.06. The first-order valence-corrected chi connectivity index (χ1v) is 8.77. The lowest BCUT2D eigenvalue weighted by Crippen LogP contribution is -2.03. The molecule has 0 atom stereocenters. The van der Waals surface area contributed by atoms with Crippen molar-refractivity contribution < 1.29 is 13.2 Å². The lowest BCUT2D eigenvalue weighted by molar-refractivity contribution is -0.137. The second-order valence-corrected chi connectivity index (χ2v) is 6.02. The third kappa shape index (κ3) is 4.98. The summed E-state index contributed by atoms with van der Waals surface area (Å²) in [6.45, 7) is 4.00. The van der Waals surface area contributed by atoms with Crippen molar-refractivity contribution in [3.8, 4) is 11.3 Å². The van der Waals surface area contributed by atoms with Crippen molar-refractivity contribution in [3.05, 3.63) is 66.5 Å². The van der Waals surface area contributed by atoms with Crippen LogP contribution in [-0.2, 0) is 6.18 Å². The Labute approximate surface area is 154 Å². The van der Waals surface area contributed by atoms with Gasteiger partial charge in [0.15, 0.2) is 0 Å². The fourth-order valence-corrected chi connectivity index (χ4v) is 2.94. The zero-order valence-corrected chi connectivity index (χ0v) is 15.1. The first kappa shape index (κ1) is 19.8. The minimum absolute atomic E-state index is 0.613. The molecule has 3 aromatic rings. The van der Waals surface area contributed by atoms with Gasteiger partial charge in [-0.25, -0.2) is 4.98 Å². The summed E-state index contributed by atoms with van der Waals surface area (Å²) < 4.78 is 37.9. The Morgan fingerprint density at radius 3 is 2.00 bits per heavy atom. The summed E-state index contributed by atoms with van der Waals surface area (Å²) in [4.78, 5) is 9.27. The van der Waals surface area contributed by atoms with E-state index in [4.69, 9.17) is 5.73 Å². The van der Waals surface area contributed by atoms with Gasteiger partial charge < -0.3 is 5.73 Å². The molecule has 0 saturated heterocycles. The zero-order chi connectivity index (χ0) is 19.2. The van der Waals surface area contributed by atoms with E-state index in [2.05, 4.69) is 9.97 Å². The number of halogens is 3. The minimum atomic E-state index is -4.34. The number of hydrogen-bond donors (Lipinski definition) is 1. The number of rotatable bonds is 3. The largest absolute Gasteiger partial charge is 0.416 e. The van der Waals surface area contributed by atoms with Crippen molar-refractivity contribution in [1.29, 1.82) is 0 Å². The molecule has 0 amide bonds. The lowest BCUT2D eigenvalue weighted by atomic mass is 10.1. The van der Waals surface area contributed by atoms with Crippen LogP contribution in [0.4, 0.5) is 18.9 Å². The Balaban J connectivity index is 0.00000117. The molecule has 2 N–H and O–H groups in total. The van der Waals surface area contributed by atoms with Crippen LogP contribution in [0.5, 0.6) is 0 Å². The van der Waals surface area contributed by atoms with Crippen LogP contribution in [0.1, 0.15) is 19.4 Å². The molecule has 3 rings (SSSR count). The van der Waals surface area contributed by atoms with Gasteiger partial charge in [-0.15, -0.1) is 0 Å². The smallest absolute Gasteiger partial charge is 0.399 e. The van der Waals surface area contributed by atoms with Crippen molar-refractivity contribution in [2.45, 2.75) is 29.9 Å². The number of alkyl halides is 3. The molecular weight excluding hydrogens is 359 g/mol. The van der Waals surface area contributed by atoms with Gasteiger partial charge in [0.2, 0.25) is 0 Å². The van der Waals surface area contributed by atoms with Gasteiger partial charge in [-0.05, 0) is 36.4 Å². The molecule has 7 heteroatoms. The molecule has 0 fully saturated rings. The Morgan fingerprint density at radius 2 is 1.42 bits per heavy atom. The number of benzene rings is 2. The number of aromatic nitrogens is 2. The molecule has 26 heavy (non-hydrogen) atoms. The van der Waals surface area contributed by atoms with E-state index in [1.54, 1.807) is 24.5 Å². The summed E-state index contributed by atoms with van der Waals surface area (Å²) in [6, 6.07) is 12.1. The maximum absolute atomic E-state index is 12.6. The van der Waals surface area contributed by atoms with Crippen LogP contribution < -0.4 is 5.73 Å². The monoisotopic (exact) mass is 377 g/mol. The van der Waals surface area contributed by atoms with E-state index >= 15 is 0 Å². The van der Waals surface area contributed by atoms with Crippen LogP contribution in [0.15, 0.2) is 70.8 Å². The lowest BCUT2D eigenvalue weighted by Gasteiger charge is -2.09. The summed E-state index contributed by atoms with van der Waals surface area (Å²) in [5.74, 6) is 0. The molecule has 0 bridgehead atoms. The highest BCUT2D eigenvalue weighted by Gasteiger charge is 2.30. The van der Waals surface area contributed by atoms with Gasteiger partial charge in [0.25, 0.3) is 0 Å². The number of nitrogens with two attached hydrogens (primary N) is 1. The molecule has 136 valence electrons. The highest BCUT2D eigenvalue weighted by molar-refractivity contribution is 7.99. The molecule has 0 radical (unpaired) electrons. The van der Waals surface area contributed by atoms with Crippen LogP contribution >= 0.6 is 11.8 Å². The minimum Gasteiger partial charge on any atom is -0.399 e. The van der Waals surface area contributed by atoms with E-state index in [1.807, 2.05) is 26.0 Å². The normalized spacial score (nSPS) is 10.8. The molecule has 1 heterocycles. The summed E-state index contributed by atoms with van der Waals surface area (Å²) in [7, 11) is 0. The second-order valence-electron chi connectivity index (χ2n) is 4.96. The summed E-state index contributed by atoms with van der Waals surface area (Å²) >= 11 is 1.26. The topological polar surface area (TPSA) is 51.8 Å². The van der Waals surface area contributed by atoms with Crippen LogP contribution in [-0.4, -0.2) is 9.97 Å². The third-order valence-corrected chi connectivity index (χ3v) is 4.24. The van der Waals surface area contributed by atoms with Crippen LogP contribution in [0.2, 0.25) is 0 Å². The Kier molecular flexibility index (Phi) is 6.63. The van der Waals surface area contributed by atoms with Crippen molar-refractivity contribution in [2.75, 3.05) is 5.73 Å². The zero-order valence-electron chi connectivity index (χ0n) is 14.3. The number of anilines is 1. The molecular formula is C19H18F3N3S. The molecule has 2 aromatic carbocycles. The van der Waals surface area contributed by atoms with Crippen molar-refractivity contribution in [3.63, 3.8) is 0 Å². The Hall–Kier alpha value is -2.54. The van der Waals surface area contributed by atoms with E-state index in [0.717, 1.165) is 17.7 Å². The van der Waals surface area contributed by atoms with Gasteiger partial charge in [-0.2, -0.15) is 13.2 Å². The summed E-state index contributed by atoms with van der Waals surface area (Å²) in [5, 5.41) is 0.613. The van der Waals surface area contributed by atoms with Crippen molar-refractivity contribution in [2.24, 2.45) is 0 Å². The summed E-state index contributed by atoms with van der Waals surface area (Å²) in [6.07, 6.45) is -1.22. The van der Waals surface area contributed by atoms with E-state index in [0.29, 0.717) is 21.3 Å². The molecule has 1 aromatic heterocycles. The predicted octanol–water partition coefficient (Wildman–Crippen LogP) is 5.92. The van der Waals surface area contributed by atoms with E-state index in [9.17, 15) is 13.2 Å². The van der Waals surface area contributed by atoms with E-state index in [-0.39, 0.29) is 0 Å². The van der Waals surface area contributed by atoms with E-state index < -0.39 is 11.7 Å². The molecule has 0 aliphatic heterocycles. The number of nitrogen functional groups attached to an aromatic ring is 1. The SMILES string of the molecule is CC.Nc1ccc(-c2nccnc2Sc2ccc(C(F)(F)F)cc2)cc1. The molecule has 0 unspecified atom stereocenters. The Morgan fingerprint density at radius 1 is 0.846 bits per heavy atom. The van der Waals surface area contributed by atoms with Crippen LogP contribution in [0.3, 0.4) is 0 Å². The highest BCUT2D eigenvalue weighted by atomic mass is 32.2. The average Bonchev–Trinajstić information content (AvgIpc) is 2.64. The molecule has 0 saturated carbocycles. The van der Waals surface area contributed by atoms with Crippen LogP contribution in [0, 0.1) is 0 Å². The van der Waals surface area contributed by atoms with Crippen LogP contribution in [0.25, 0.3) is 11.3 Å². The molecule has 0 aliphatic rings. The average molecular weight is 377 g/mol. The van der Waals surface area contributed by atoms with Gasteiger partial charge in [0.1, 0.15) is 10.7 Å². The van der Waals surface area contributed by atoms with Gasteiger partial charge in [0.05, 0.1) is 5.56 Å². The number of hydrogen-bond acceptors (Lipinski definition) is 4. The maximum Gasteiger partial charge on any atom is 0.416 e. The van der Waals surface area contributed by atoms with Crippen molar-refractivity contribution >= 4 is 17.4 Å². The fraction of sp³-hybridized carbons (Fsp3) is 0.158. The van der Waals surface area contributed by atoms with Gasteiger partial charge >= 0.3 is 6.18 Å².